The van der Waals surface area contributed by atoms with Crippen molar-refractivity contribution in [2.24, 2.45) is 0 Å². The van der Waals surface area contributed by atoms with Crippen LogP contribution in [-0.4, -0.2) is 15.9 Å². The fraction of sp³-hybridized carbons (Fsp3) is 0.176. The van der Waals surface area contributed by atoms with E-state index in [1.807, 2.05) is 32.0 Å². The molecule has 2 aromatic rings. The summed E-state index contributed by atoms with van der Waals surface area (Å²) >= 11 is 0. The third kappa shape index (κ3) is 1.86. The van der Waals surface area contributed by atoms with Gasteiger partial charge in [-0.2, -0.15) is 0 Å². The molecule has 1 unspecified atom stereocenters. The van der Waals surface area contributed by atoms with Gasteiger partial charge in [-0.3, -0.25) is 10.2 Å². The molecule has 110 valence electrons. The number of aromatic nitrogens is 1. The number of nitrogens with one attached hydrogen (secondary N) is 2. The van der Waals surface area contributed by atoms with Crippen molar-refractivity contribution in [1.82, 2.24) is 15.3 Å². The number of benzene rings is 1. The maximum absolute atomic E-state index is 12.2. The molecule has 1 aromatic heterocycles. The Morgan fingerprint density at radius 2 is 1.95 bits per heavy atom. The zero-order valence-corrected chi connectivity index (χ0v) is 12.4. The van der Waals surface area contributed by atoms with Crippen LogP contribution in [0, 0.1) is 6.92 Å². The van der Waals surface area contributed by atoms with Gasteiger partial charge in [0, 0.05) is 23.0 Å². The van der Waals surface area contributed by atoms with E-state index in [0.29, 0.717) is 0 Å². The maximum atomic E-state index is 12.2. The number of carbonyl (C=O) groups is 1. The SMILES string of the molecule is CC1=CC(=O)N2Nc3nc(C)cc(-c4ccccc4)c3C2N1. The van der Waals surface area contributed by atoms with Gasteiger partial charge in [0.05, 0.1) is 0 Å². The summed E-state index contributed by atoms with van der Waals surface area (Å²) in [5, 5.41) is 4.95. The largest absolute Gasteiger partial charge is 0.363 e. The molecule has 22 heavy (non-hydrogen) atoms. The number of allylic oxidation sites excluding steroid dienone is 1. The number of hydrogen-bond acceptors (Lipinski definition) is 4. The van der Waals surface area contributed by atoms with E-state index in [1.165, 1.54) is 0 Å². The van der Waals surface area contributed by atoms with Gasteiger partial charge in [0.2, 0.25) is 0 Å². The highest BCUT2D eigenvalue weighted by atomic mass is 16.2. The number of anilines is 1. The zero-order chi connectivity index (χ0) is 15.3. The summed E-state index contributed by atoms with van der Waals surface area (Å²) in [7, 11) is 0. The third-order valence-corrected chi connectivity index (χ3v) is 3.97. The number of fused-ring (bicyclic) bond motifs is 3. The molecular weight excluding hydrogens is 276 g/mol. The van der Waals surface area contributed by atoms with Gasteiger partial charge in [0.1, 0.15) is 0 Å². The first-order valence-electron chi connectivity index (χ1n) is 7.25. The van der Waals surface area contributed by atoms with Crippen LogP contribution < -0.4 is 10.7 Å². The molecule has 2 aliphatic rings. The normalized spacial score (nSPS) is 19.0. The number of aryl methyl sites for hydroxylation is 1. The van der Waals surface area contributed by atoms with Crippen molar-refractivity contribution in [2.75, 3.05) is 5.43 Å². The van der Waals surface area contributed by atoms with Crippen molar-refractivity contribution in [2.45, 2.75) is 20.0 Å². The second kappa shape index (κ2) is 4.59. The average Bonchev–Trinajstić information content (AvgIpc) is 2.86. The quantitative estimate of drug-likeness (QED) is 0.848. The van der Waals surface area contributed by atoms with Crippen LogP contribution in [0.15, 0.2) is 48.2 Å². The minimum absolute atomic E-state index is 0.0593. The second-order valence-corrected chi connectivity index (χ2v) is 5.63. The van der Waals surface area contributed by atoms with Gasteiger partial charge >= 0.3 is 0 Å². The summed E-state index contributed by atoms with van der Waals surface area (Å²) in [5.74, 6) is 0.684. The van der Waals surface area contributed by atoms with Crippen LogP contribution in [0.1, 0.15) is 24.3 Å². The Bertz CT molecular complexity index is 798. The lowest BCUT2D eigenvalue weighted by Gasteiger charge is -2.29. The summed E-state index contributed by atoms with van der Waals surface area (Å²) in [6, 6.07) is 12.2. The number of carbonyl (C=O) groups excluding carboxylic acids is 1. The van der Waals surface area contributed by atoms with Gasteiger partial charge in [-0.25, -0.2) is 9.99 Å². The van der Waals surface area contributed by atoms with Crippen LogP contribution in [0.3, 0.4) is 0 Å². The molecule has 5 heteroatoms. The van der Waals surface area contributed by atoms with E-state index in [9.17, 15) is 4.79 Å². The molecule has 1 aromatic carbocycles. The Kier molecular flexibility index (Phi) is 2.69. The highest BCUT2D eigenvalue weighted by molar-refractivity contribution is 5.92. The molecule has 0 bridgehead atoms. The maximum Gasteiger partial charge on any atom is 0.268 e. The molecule has 3 heterocycles. The Balaban J connectivity index is 1.91. The van der Waals surface area contributed by atoms with Crippen molar-refractivity contribution < 1.29 is 4.79 Å². The average molecular weight is 292 g/mol. The topological polar surface area (TPSA) is 57.3 Å². The van der Waals surface area contributed by atoms with Gasteiger partial charge in [-0.15, -0.1) is 0 Å². The van der Waals surface area contributed by atoms with E-state index in [4.69, 9.17) is 0 Å². The summed E-state index contributed by atoms with van der Waals surface area (Å²) in [6.45, 7) is 3.86. The van der Waals surface area contributed by atoms with E-state index < -0.39 is 0 Å². The van der Waals surface area contributed by atoms with Crippen molar-refractivity contribution in [1.29, 1.82) is 0 Å². The lowest BCUT2D eigenvalue weighted by molar-refractivity contribution is -0.127. The van der Waals surface area contributed by atoms with Crippen LogP contribution in [0.5, 0.6) is 0 Å². The minimum atomic E-state index is -0.226. The first-order valence-corrected chi connectivity index (χ1v) is 7.25. The van der Waals surface area contributed by atoms with E-state index >= 15 is 0 Å². The number of hydrazine groups is 1. The predicted molar refractivity (Wildman–Crippen MR) is 84.5 cm³/mol. The summed E-state index contributed by atoms with van der Waals surface area (Å²) < 4.78 is 0. The molecule has 2 aliphatic heterocycles. The van der Waals surface area contributed by atoms with Crippen LogP contribution in [0.25, 0.3) is 11.1 Å². The Morgan fingerprint density at radius 1 is 1.18 bits per heavy atom. The standard InChI is InChI=1S/C17H16N4O/c1-10-8-13(12-6-4-3-5-7-12)15-16(18-10)20-21-14(22)9-11(2)19-17(15)21/h3-9,17,19H,1-2H3,(H,18,20). The molecule has 2 N–H and O–H groups in total. The van der Waals surface area contributed by atoms with Crippen molar-refractivity contribution >= 4 is 11.7 Å². The molecule has 1 amide bonds. The van der Waals surface area contributed by atoms with Crippen LogP contribution in [0.2, 0.25) is 0 Å². The number of amides is 1. The van der Waals surface area contributed by atoms with Gasteiger partial charge in [-0.05, 0) is 31.0 Å². The molecule has 0 spiro atoms. The van der Waals surface area contributed by atoms with Gasteiger partial charge in [0.15, 0.2) is 12.0 Å². The predicted octanol–water partition coefficient (Wildman–Crippen LogP) is 2.73. The van der Waals surface area contributed by atoms with E-state index in [-0.39, 0.29) is 12.1 Å². The zero-order valence-electron chi connectivity index (χ0n) is 12.4. The monoisotopic (exact) mass is 292 g/mol. The fourth-order valence-corrected chi connectivity index (χ4v) is 3.04. The molecule has 1 atom stereocenters. The van der Waals surface area contributed by atoms with Gasteiger partial charge in [0.25, 0.3) is 5.91 Å². The van der Waals surface area contributed by atoms with Gasteiger partial charge in [-0.1, -0.05) is 30.3 Å². The highest BCUT2D eigenvalue weighted by Gasteiger charge is 2.38. The highest BCUT2D eigenvalue weighted by Crippen LogP contribution is 2.41. The lowest BCUT2D eigenvalue weighted by Crippen LogP contribution is -2.43. The molecule has 5 nitrogen and oxygen atoms in total. The fourth-order valence-electron chi connectivity index (χ4n) is 3.04. The third-order valence-electron chi connectivity index (χ3n) is 3.97. The molecule has 4 rings (SSSR count). The molecule has 0 saturated heterocycles. The van der Waals surface area contributed by atoms with E-state index in [2.05, 4.69) is 33.9 Å². The number of pyridine rings is 1. The minimum Gasteiger partial charge on any atom is -0.363 e. The summed E-state index contributed by atoms with van der Waals surface area (Å²) in [4.78, 5) is 16.8. The van der Waals surface area contributed by atoms with Crippen molar-refractivity contribution in [3.05, 3.63) is 59.4 Å². The molecular formula is C17H16N4O. The Labute approximate surface area is 128 Å². The van der Waals surface area contributed by atoms with Gasteiger partial charge < -0.3 is 5.32 Å². The van der Waals surface area contributed by atoms with Crippen LogP contribution >= 0.6 is 0 Å². The molecule has 0 saturated carbocycles. The first-order chi connectivity index (χ1) is 10.6. The van der Waals surface area contributed by atoms with E-state index in [1.54, 1.807) is 11.1 Å². The smallest absolute Gasteiger partial charge is 0.268 e. The molecule has 0 aliphatic carbocycles. The molecule has 0 radical (unpaired) electrons. The van der Waals surface area contributed by atoms with Crippen LogP contribution in [0.4, 0.5) is 5.82 Å². The lowest BCUT2D eigenvalue weighted by atomic mass is 9.98. The summed E-state index contributed by atoms with van der Waals surface area (Å²) in [6.07, 6.45) is 1.36. The molecule has 0 fully saturated rings. The number of hydrogen-bond donors (Lipinski definition) is 2. The summed E-state index contributed by atoms with van der Waals surface area (Å²) in [5.41, 5.74) is 8.13. The number of rotatable bonds is 1. The van der Waals surface area contributed by atoms with Crippen LogP contribution in [-0.2, 0) is 4.79 Å². The van der Waals surface area contributed by atoms with Crippen molar-refractivity contribution in [3.63, 3.8) is 0 Å². The second-order valence-electron chi connectivity index (χ2n) is 5.63. The van der Waals surface area contributed by atoms with Crippen molar-refractivity contribution in [3.8, 4) is 11.1 Å². The Morgan fingerprint density at radius 3 is 2.73 bits per heavy atom. The van der Waals surface area contributed by atoms with E-state index in [0.717, 1.165) is 33.9 Å². The Hall–Kier alpha value is -2.82. The number of nitrogens with zero attached hydrogens (tertiary/aromatic N) is 2. The first kappa shape index (κ1) is 12.9.